The average Bonchev–Trinajstić information content (AvgIpc) is 2.12. The summed E-state index contributed by atoms with van der Waals surface area (Å²) in [5.74, 6) is -0.767. The van der Waals surface area contributed by atoms with Crippen LogP contribution in [0.3, 0.4) is 0 Å². The molecule has 0 aliphatic rings. The molecule has 0 N–H and O–H groups in total. The summed E-state index contributed by atoms with van der Waals surface area (Å²) < 4.78 is 10.8. The van der Waals surface area contributed by atoms with Crippen molar-refractivity contribution in [2.45, 2.75) is 32.5 Å². The second-order valence-corrected chi connectivity index (χ2v) is 5.80. The average molecular weight is 314 g/mol. The Balaban J connectivity index is 0. The van der Waals surface area contributed by atoms with E-state index in [1.165, 1.54) is 0 Å². The molecule has 0 heterocycles. The van der Waals surface area contributed by atoms with Crippen LogP contribution in [0.4, 0.5) is 0 Å². The molecule has 0 aromatic rings. The second kappa shape index (κ2) is 9.44. The van der Waals surface area contributed by atoms with E-state index in [1.54, 1.807) is 13.8 Å². The lowest BCUT2D eigenvalue weighted by Crippen LogP contribution is -3.00. The smallest absolute Gasteiger partial charge is 0.316 e. The van der Waals surface area contributed by atoms with Crippen molar-refractivity contribution in [3.05, 3.63) is 0 Å². The normalized spacial score (nSPS) is 12.6. The molecule has 0 rings (SSSR count). The number of quaternary nitrogens is 1. The topological polar surface area (TPSA) is 52.6 Å². The molecule has 0 aromatic carbocycles. The number of carbonyl (C=O) groups is 2. The lowest BCUT2D eigenvalue weighted by atomic mass is 10.2. The summed E-state index contributed by atoms with van der Waals surface area (Å²) in [5.41, 5.74) is 0. The summed E-state index contributed by atoms with van der Waals surface area (Å²) in [4.78, 5) is 22.8. The monoisotopic (exact) mass is 313 g/mol. The van der Waals surface area contributed by atoms with Crippen molar-refractivity contribution in [1.29, 1.82) is 0 Å². The first-order valence-electron chi connectivity index (χ1n) is 5.94. The molecular weight excluding hydrogens is 290 g/mol. The molecule has 5 nitrogen and oxygen atoms in total. The Kier molecular flexibility index (Phi) is 10.4. The second-order valence-electron chi connectivity index (χ2n) is 5.49. The van der Waals surface area contributed by atoms with Crippen molar-refractivity contribution in [1.82, 2.24) is 0 Å². The fourth-order valence-electron chi connectivity index (χ4n) is 1.47. The third kappa shape index (κ3) is 12.3. The number of esters is 2. The van der Waals surface area contributed by atoms with E-state index in [1.807, 2.05) is 21.1 Å². The van der Waals surface area contributed by atoms with Crippen LogP contribution in [0.5, 0.6) is 0 Å². The van der Waals surface area contributed by atoms with Gasteiger partial charge in [-0.1, -0.05) is 0 Å². The minimum Gasteiger partial charge on any atom is -1.00 e. The van der Waals surface area contributed by atoms with Crippen molar-refractivity contribution in [3.8, 4) is 0 Å². The summed E-state index contributed by atoms with van der Waals surface area (Å²) in [6.07, 6.45) is -0.563. The van der Waals surface area contributed by atoms with Crippen LogP contribution in [0.15, 0.2) is 0 Å². The minimum absolute atomic E-state index is 0. The van der Waals surface area contributed by atoms with Crippen molar-refractivity contribution < 1.29 is 36.0 Å². The van der Waals surface area contributed by atoms with Gasteiger partial charge >= 0.3 is 11.9 Å². The lowest BCUT2D eigenvalue weighted by molar-refractivity contribution is -0.873. The lowest BCUT2D eigenvalue weighted by Gasteiger charge is -2.28. The Morgan fingerprint density at radius 2 is 1.63 bits per heavy atom. The highest BCUT2D eigenvalue weighted by Gasteiger charge is 2.25. The van der Waals surface area contributed by atoms with Crippen LogP contribution in [-0.2, 0) is 19.1 Å². The van der Waals surface area contributed by atoms with Gasteiger partial charge in [-0.3, -0.25) is 9.59 Å². The van der Waals surface area contributed by atoms with Crippen LogP contribution < -0.4 is 12.4 Å². The van der Waals surface area contributed by atoms with Gasteiger partial charge in [0.05, 0.1) is 39.4 Å². The van der Waals surface area contributed by atoms with E-state index in [9.17, 15) is 9.59 Å². The molecule has 0 saturated heterocycles. The zero-order chi connectivity index (χ0) is 14.3. The standard InChI is InChI=1S/C12H23NO4S.ClH/c1-9(2)16-11(14)6-10(7-13(3,4)5)17-12(15)8-18;/h9-10H,6-8H2,1-5H3;1H/t10-;/m1./s1. The molecule has 0 bridgehead atoms. The van der Waals surface area contributed by atoms with Gasteiger partial charge in [0, 0.05) is 0 Å². The van der Waals surface area contributed by atoms with Crippen LogP contribution in [0, 0.1) is 0 Å². The summed E-state index contributed by atoms with van der Waals surface area (Å²) in [7, 11) is 5.90. The maximum Gasteiger partial charge on any atom is 0.316 e. The number of thiol groups is 1. The summed E-state index contributed by atoms with van der Waals surface area (Å²) in [6.45, 7) is 4.12. The quantitative estimate of drug-likeness (QED) is 0.332. The molecule has 1 atom stereocenters. The number of nitrogens with zero attached hydrogens (tertiary/aromatic N) is 1. The van der Waals surface area contributed by atoms with Crippen molar-refractivity contribution in [3.63, 3.8) is 0 Å². The van der Waals surface area contributed by atoms with Gasteiger partial charge in [0.25, 0.3) is 0 Å². The highest BCUT2D eigenvalue weighted by molar-refractivity contribution is 7.81. The summed E-state index contributed by atoms with van der Waals surface area (Å²) in [5, 5.41) is 0. The van der Waals surface area contributed by atoms with Gasteiger partial charge in [0.15, 0.2) is 6.10 Å². The van der Waals surface area contributed by atoms with Gasteiger partial charge in [0.2, 0.25) is 0 Å². The molecule has 0 aromatic heterocycles. The molecule has 0 aliphatic carbocycles. The van der Waals surface area contributed by atoms with E-state index < -0.39 is 12.1 Å². The Hall–Kier alpha value is -0.460. The molecule has 0 radical (unpaired) electrons. The van der Waals surface area contributed by atoms with Gasteiger partial charge in [-0.25, -0.2) is 0 Å². The third-order valence-electron chi connectivity index (χ3n) is 1.94. The number of hydrogen-bond acceptors (Lipinski definition) is 5. The van der Waals surface area contributed by atoms with Crippen LogP contribution in [0.1, 0.15) is 20.3 Å². The molecule has 114 valence electrons. The van der Waals surface area contributed by atoms with Gasteiger partial charge in [-0.2, -0.15) is 12.6 Å². The van der Waals surface area contributed by atoms with Crippen molar-refractivity contribution >= 4 is 24.6 Å². The third-order valence-corrected chi connectivity index (χ3v) is 2.20. The fraction of sp³-hybridized carbons (Fsp3) is 0.833. The van der Waals surface area contributed by atoms with E-state index in [-0.39, 0.29) is 36.7 Å². The van der Waals surface area contributed by atoms with Crippen molar-refractivity contribution in [2.75, 3.05) is 33.4 Å². The van der Waals surface area contributed by atoms with E-state index in [0.717, 1.165) is 0 Å². The Labute approximate surface area is 127 Å². The van der Waals surface area contributed by atoms with Gasteiger partial charge < -0.3 is 26.4 Å². The first-order chi connectivity index (χ1) is 8.14. The van der Waals surface area contributed by atoms with Crippen LogP contribution in [-0.4, -0.2) is 62.1 Å². The Morgan fingerprint density at radius 1 is 1.11 bits per heavy atom. The van der Waals surface area contributed by atoms with Gasteiger partial charge in [-0.15, -0.1) is 0 Å². The molecule has 0 fully saturated rings. The Morgan fingerprint density at radius 3 is 2.00 bits per heavy atom. The Bertz CT molecular complexity index is 292. The van der Waals surface area contributed by atoms with E-state index >= 15 is 0 Å². The predicted molar refractivity (Wildman–Crippen MR) is 72.5 cm³/mol. The fourth-order valence-corrected chi connectivity index (χ4v) is 1.55. The molecule has 0 spiro atoms. The first kappa shape index (κ1) is 20.8. The zero-order valence-corrected chi connectivity index (χ0v) is 13.8. The maximum atomic E-state index is 11.6. The van der Waals surface area contributed by atoms with Crippen LogP contribution in [0.25, 0.3) is 0 Å². The largest absolute Gasteiger partial charge is 1.00 e. The molecule has 0 amide bonds. The van der Waals surface area contributed by atoms with Crippen LogP contribution >= 0.6 is 12.6 Å². The van der Waals surface area contributed by atoms with Crippen molar-refractivity contribution in [2.24, 2.45) is 0 Å². The summed E-state index contributed by atoms with van der Waals surface area (Å²) in [6, 6.07) is 0. The molecule has 0 saturated carbocycles. The van der Waals surface area contributed by atoms with Gasteiger partial charge in [-0.05, 0) is 13.8 Å². The van der Waals surface area contributed by atoms with Gasteiger partial charge in [0.1, 0.15) is 6.54 Å². The number of ether oxygens (including phenoxy) is 2. The molecule has 19 heavy (non-hydrogen) atoms. The molecule has 0 unspecified atom stereocenters. The first-order valence-corrected chi connectivity index (χ1v) is 6.57. The number of halogens is 1. The number of rotatable bonds is 7. The number of carbonyl (C=O) groups excluding carboxylic acids is 2. The molecule has 0 aliphatic heterocycles. The maximum absolute atomic E-state index is 11.6. The van der Waals surface area contributed by atoms with E-state index in [2.05, 4.69) is 12.6 Å². The highest BCUT2D eigenvalue weighted by Crippen LogP contribution is 2.08. The number of hydrogen-bond donors (Lipinski definition) is 1. The SMILES string of the molecule is CC(C)OC(=O)C[C@H](C[N+](C)(C)C)OC(=O)CS.[Cl-]. The molecular formula is C12H24ClNO4S. The van der Waals surface area contributed by atoms with E-state index in [0.29, 0.717) is 11.0 Å². The summed E-state index contributed by atoms with van der Waals surface area (Å²) >= 11 is 3.85. The zero-order valence-electron chi connectivity index (χ0n) is 12.2. The highest BCUT2D eigenvalue weighted by atomic mass is 35.5. The molecule has 7 heteroatoms. The minimum atomic E-state index is -0.476. The van der Waals surface area contributed by atoms with Crippen LogP contribution in [0.2, 0.25) is 0 Å². The van der Waals surface area contributed by atoms with E-state index in [4.69, 9.17) is 9.47 Å². The number of likely N-dealkylation sites (N-methyl/N-ethyl adjacent to an activating group) is 1. The predicted octanol–water partition coefficient (Wildman–Crippen LogP) is -2.12.